The Morgan fingerprint density at radius 1 is 1.05 bits per heavy atom. The van der Waals surface area contributed by atoms with Gasteiger partial charge in [0.2, 0.25) is 5.91 Å². The smallest absolute Gasteiger partial charge is 0.414 e. The highest BCUT2D eigenvalue weighted by atomic mass is 19.1. The zero-order chi connectivity index (χ0) is 26.5. The maximum absolute atomic E-state index is 15.0. The van der Waals surface area contributed by atoms with Crippen molar-refractivity contribution in [1.29, 1.82) is 0 Å². The minimum absolute atomic E-state index is 0.00631. The van der Waals surface area contributed by atoms with E-state index in [0.717, 1.165) is 22.6 Å². The second-order valence-electron chi connectivity index (χ2n) is 8.51. The monoisotopic (exact) mass is 513 g/mol. The van der Waals surface area contributed by atoms with Crippen LogP contribution in [0.1, 0.15) is 5.56 Å². The molecule has 0 saturated carbocycles. The molecule has 2 aliphatic rings. The number of hydrogen-bond acceptors (Lipinski definition) is 6. The van der Waals surface area contributed by atoms with Gasteiger partial charge in [0, 0.05) is 44.4 Å². The van der Waals surface area contributed by atoms with Gasteiger partial charge in [0.25, 0.3) is 0 Å². The highest BCUT2D eigenvalue weighted by Crippen LogP contribution is 2.31. The molecule has 0 aliphatic carbocycles. The van der Waals surface area contributed by atoms with Crippen LogP contribution in [-0.2, 0) is 19.1 Å². The third-order valence-corrected chi connectivity index (χ3v) is 6.01. The summed E-state index contributed by atoms with van der Waals surface area (Å²) in [6.07, 6.45) is 1.51. The zero-order valence-corrected chi connectivity index (χ0v) is 19.7. The van der Waals surface area contributed by atoms with Crippen molar-refractivity contribution >= 4 is 41.3 Å². The summed E-state index contributed by atoms with van der Waals surface area (Å²) in [6.45, 7) is 0.367. The molecule has 0 unspecified atom stereocenters. The Hall–Kier alpha value is -4.48. The Kier molecular flexibility index (Phi) is 7.66. The average molecular weight is 514 g/mol. The highest BCUT2D eigenvalue weighted by molar-refractivity contribution is 6.34. The fourth-order valence-corrected chi connectivity index (χ4v) is 4.15. The van der Waals surface area contributed by atoms with Crippen LogP contribution in [0.5, 0.6) is 0 Å². The van der Waals surface area contributed by atoms with Crippen LogP contribution >= 0.6 is 0 Å². The first-order valence-corrected chi connectivity index (χ1v) is 11.5. The van der Waals surface area contributed by atoms with Gasteiger partial charge in [0.05, 0.1) is 18.8 Å². The minimum Gasteiger partial charge on any atom is -0.442 e. The second kappa shape index (κ2) is 11.1. The van der Waals surface area contributed by atoms with Crippen molar-refractivity contribution in [3.8, 4) is 0 Å². The molecule has 2 fully saturated rings. The number of ether oxygens (including phenoxy) is 1. The van der Waals surface area contributed by atoms with Crippen molar-refractivity contribution in [3.05, 3.63) is 65.7 Å². The maximum Gasteiger partial charge on any atom is 0.414 e. The summed E-state index contributed by atoms with van der Waals surface area (Å²) in [6, 6.07) is 11.3. The predicted molar refractivity (Wildman–Crippen MR) is 130 cm³/mol. The molecule has 2 aromatic carbocycles. The number of primary amides is 1. The number of rotatable bonds is 6. The van der Waals surface area contributed by atoms with Crippen molar-refractivity contribution in [3.63, 3.8) is 0 Å². The van der Waals surface area contributed by atoms with Crippen molar-refractivity contribution in [1.82, 2.24) is 10.2 Å². The summed E-state index contributed by atoms with van der Waals surface area (Å²) in [5, 5.41) is 2.64. The summed E-state index contributed by atoms with van der Waals surface area (Å²) >= 11 is 0. The number of piperazine rings is 1. The third kappa shape index (κ3) is 6.02. The molecule has 2 aliphatic heterocycles. The third-order valence-electron chi connectivity index (χ3n) is 6.01. The normalized spacial score (nSPS) is 17.7. The molecule has 0 radical (unpaired) electrons. The molecule has 0 aromatic heterocycles. The number of hydrogen-bond donors (Lipinski definition) is 2. The van der Waals surface area contributed by atoms with Crippen LogP contribution in [-0.4, -0.2) is 74.1 Å². The lowest BCUT2D eigenvalue weighted by molar-refractivity contribution is -0.144. The standard InChI is InChI=1S/C25H25F2N5O5/c26-19-12-17(13-20(27)22(19)30-8-10-31(11-9-30)24(35)23(28)34)32-15-18(37-25(32)36)14-29-21(33)7-6-16-4-2-1-3-5-16/h1-7,12-13,18H,8-11,14-15H2,(H2,28,34)(H,29,33)/t18-/m0/s1. The molecule has 0 spiro atoms. The van der Waals surface area contributed by atoms with Gasteiger partial charge in [-0.1, -0.05) is 30.3 Å². The van der Waals surface area contributed by atoms with Gasteiger partial charge in [-0.25, -0.2) is 13.6 Å². The minimum atomic E-state index is -1.09. The second-order valence-corrected chi connectivity index (χ2v) is 8.51. The number of carbonyl (C=O) groups is 4. The van der Waals surface area contributed by atoms with Crippen LogP contribution in [0.25, 0.3) is 6.08 Å². The molecular weight excluding hydrogens is 488 g/mol. The van der Waals surface area contributed by atoms with E-state index in [0.29, 0.717) is 0 Å². The van der Waals surface area contributed by atoms with Crippen LogP contribution < -0.4 is 20.9 Å². The van der Waals surface area contributed by atoms with Crippen LogP contribution in [0.2, 0.25) is 0 Å². The first kappa shape index (κ1) is 25.6. The predicted octanol–water partition coefficient (Wildman–Crippen LogP) is 1.25. The number of amides is 4. The molecular formula is C25H25F2N5O5. The summed E-state index contributed by atoms with van der Waals surface area (Å²) in [7, 11) is 0. The van der Waals surface area contributed by atoms with E-state index < -0.39 is 35.6 Å². The lowest BCUT2D eigenvalue weighted by Gasteiger charge is -2.35. The van der Waals surface area contributed by atoms with Crippen molar-refractivity contribution in [2.75, 3.05) is 49.1 Å². The first-order chi connectivity index (χ1) is 17.7. The van der Waals surface area contributed by atoms with Gasteiger partial charge in [-0.05, 0) is 11.6 Å². The van der Waals surface area contributed by atoms with Gasteiger partial charge in [-0.3, -0.25) is 19.3 Å². The number of nitrogens with two attached hydrogens (primary N) is 1. The largest absolute Gasteiger partial charge is 0.442 e. The highest BCUT2D eigenvalue weighted by Gasteiger charge is 2.34. The Balaban J connectivity index is 1.35. The Bertz CT molecular complexity index is 1210. The molecule has 1 atom stereocenters. The lowest BCUT2D eigenvalue weighted by atomic mass is 10.2. The number of cyclic esters (lactones) is 1. The van der Waals surface area contributed by atoms with E-state index in [1.807, 2.05) is 30.3 Å². The first-order valence-electron chi connectivity index (χ1n) is 11.5. The molecule has 10 nitrogen and oxygen atoms in total. The van der Waals surface area contributed by atoms with Crippen LogP contribution in [0.15, 0.2) is 48.5 Å². The Labute approximate surface area is 211 Å². The van der Waals surface area contributed by atoms with Gasteiger partial charge in [-0.15, -0.1) is 0 Å². The molecule has 12 heteroatoms. The Morgan fingerprint density at radius 2 is 1.70 bits per heavy atom. The van der Waals surface area contributed by atoms with Gasteiger partial charge in [0.1, 0.15) is 11.8 Å². The number of nitrogens with zero attached hydrogens (tertiary/aromatic N) is 3. The molecule has 3 N–H and O–H groups in total. The Morgan fingerprint density at radius 3 is 2.32 bits per heavy atom. The average Bonchev–Trinajstić information content (AvgIpc) is 3.26. The zero-order valence-electron chi connectivity index (χ0n) is 19.7. The van der Waals surface area contributed by atoms with E-state index in [9.17, 15) is 28.0 Å². The number of benzene rings is 2. The lowest BCUT2D eigenvalue weighted by Crippen LogP contribution is -2.52. The molecule has 2 heterocycles. The quantitative estimate of drug-likeness (QED) is 0.443. The number of nitrogens with one attached hydrogen (secondary N) is 1. The molecule has 194 valence electrons. The van der Waals surface area contributed by atoms with E-state index in [1.165, 1.54) is 15.9 Å². The molecule has 2 aromatic rings. The van der Waals surface area contributed by atoms with Crippen LogP contribution in [0, 0.1) is 11.6 Å². The number of anilines is 2. The topological polar surface area (TPSA) is 125 Å². The van der Waals surface area contributed by atoms with Crippen molar-refractivity contribution < 1.29 is 32.7 Å². The van der Waals surface area contributed by atoms with Crippen molar-refractivity contribution in [2.24, 2.45) is 5.73 Å². The number of carbonyl (C=O) groups excluding carboxylic acids is 4. The van der Waals surface area contributed by atoms with Gasteiger partial charge < -0.3 is 25.6 Å². The molecule has 37 heavy (non-hydrogen) atoms. The van der Waals surface area contributed by atoms with E-state index in [1.54, 1.807) is 6.08 Å². The van der Waals surface area contributed by atoms with Crippen LogP contribution in [0.3, 0.4) is 0 Å². The SMILES string of the molecule is NC(=O)C(=O)N1CCN(c2c(F)cc(N3C[C@H](CNC(=O)C=Cc4ccccc4)OC3=O)cc2F)CC1. The van der Waals surface area contributed by atoms with E-state index in [4.69, 9.17) is 10.5 Å². The summed E-state index contributed by atoms with van der Waals surface area (Å²) < 4.78 is 35.2. The van der Waals surface area contributed by atoms with Crippen LogP contribution in [0.4, 0.5) is 25.0 Å². The summed E-state index contributed by atoms with van der Waals surface area (Å²) in [4.78, 5) is 50.9. The summed E-state index contributed by atoms with van der Waals surface area (Å²) in [5.74, 6) is -4.09. The van der Waals surface area contributed by atoms with Gasteiger partial charge in [-0.2, -0.15) is 0 Å². The van der Waals surface area contributed by atoms with Crippen molar-refractivity contribution in [2.45, 2.75) is 6.10 Å². The molecule has 4 rings (SSSR count). The van der Waals surface area contributed by atoms with Gasteiger partial charge in [0.15, 0.2) is 11.6 Å². The summed E-state index contributed by atoms with van der Waals surface area (Å²) in [5.41, 5.74) is 5.53. The maximum atomic E-state index is 15.0. The van der Waals surface area contributed by atoms with E-state index in [-0.39, 0.29) is 56.6 Å². The van der Waals surface area contributed by atoms with Gasteiger partial charge >= 0.3 is 17.9 Å². The van der Waals surface area contributed by atoms with E-state index in [2.05, 4.69) is 5.32 Å². The molecule has 0 bridgehead atoms. The fraction of sp³-hybridized carbons (Fsp3) is 0.280. The molecule has 2 saturated heterocycles. The fourth-order valence-electron chi connectivity index (χ4n) is 4.15. The number of halogens is 2. The molecule has 4 amide bonds. The van der Waals surface area contributed by atoms with E-state index >= 15 is 0 Å².